The van der Waals surface area contributed by atoms with Crippen LogP contribution in [0.2, 0.25) is 5.02 Å². The van der Waals surface area contributed by atoms with E-state index < -0.39 is 0 Å². The second-order valence-electron chi connectivity index (χ2n) is 5.02. The predicted octanol–water partition coefficient (Wildman–Crippen LogP) is 4.86. The van der Waals surface area contributed by atoms with Crippen LogP contribution < -0.4 is 10.1 Å². The Balaban J connectivity index is 1.76. The van der Waals surface area contributed by atoms with Crippen LogP contribution in [0.3, 0.4) is 0 Å². The van der Waals surface area contributed by atoms with Crippen LogP contribution in [-0.2, 0) is 11.2 Å². The van der Waals surface area contributed by atoms with Crippen LogP contribution in [0, 0.1) is 0 Å². The van der Waals surface area contributed by atoms with Gasteiger partial charge in [0, 0.05) is 4.90 Å². The van der Waals surface area contributed by atoms with Crippen LogP contribution in [0.25, 0.3) is 10.2 Å². The number of ether oxygens (including phenoxy) is 1. The van der Waals surface area contributed by atoms with E-state index in [0.29, 0.717) is 27.8 Å². The van der Waals surface area contributed by atoms with Gasteiger partial charge in [-0.15, -0.1) is 11.8 Å². The lowest BCUT2D eigenvalue weighted by molar-refractivity contribution is -0.115. The van der Waals surface area contributed by atoms with Gasteiger partial charge in [0.1, 0.15) is 11.3 Å². The second-order valence-corrected chi connectivity index (χ2v) is 7.31. The number of rotatable bonds is 5. The van der Waals surface area contributed by atoms with Gasteiger partial charge in [-0.05, 0) is 36.1 Å². The summed E-state index contributed by atoms with van der Waals surface area (Å²) in [7, 11) is 1.58. The molecule has 0 aliphatic heterocycles. The Bertz CT molecular complexity index is 878. The van der Waals surface area contributed by atoms with E-state index >= 15 is 0 Å². The summed E-state index contributed by atoms with van der Waals surface area (Å²) >= 11 is 9.21. The van der Waals surface area contributed by atoms with E-state index in [2.05, 4.69) is 10.3 Å². The number of halogens is 1. The van der Waals surface area contributed by atoms with Crippen molar-refractivity contribution in [2.24, 2.45) is 0 Å². The summed E-state index contributed by atoms with van der Waals surface area (Å²) in [6, 6.07) is 11.5. The molecular weight excluding hydrogens is 364 g/mol. The zero-order chi connectivity index (χ0) is 17.1. The number of nitrogens with zero attached hydrogens (tertiary/aromatic N) is 1. The zero-order valence-electron chi connectivity index (χ0n) is 13.1. The predicted molar refractivity (Wildman–Crippen MR) is 102 cm³/mol. The molecule has 1 N–H and O–H groups in total. The number of anilines is 1. The third-order valence-electron chi connectivity index (χ3n) is 3.45. The van der Waals surface area contributed by atoms with Crippen molar-refractivity contribution in [2.45, 2.75) is 11.3 Å². The number of hydrogen-bond donors (Lipinski definition) is 1. The molecule has 0 bridgehead atoms. The van der Waals surface area contributed by atoms with Crippen LogP contribution >= 0.6 is 34.7 Å². The minimum absolute atomic E-state index is 0.110. The van der Waals surface area contributed by atoms with Gasteiger partial charge in [-0.2, -0.15) is 0 Å². The van der Waals surface area contributed by atoms with Gasteiger partial charge in [0.15, 0.2) is 5.13 Å². The number of carbonyl (C=O) groups is 1. The maximum absolute atomic E-state index is 12.2. The molecule has 3 rings (SSSR count). The van der Waals surface area contributed by atoms with Gasteiger partial charge in [-0.1, -0.05) is 35.1 Å². The molecular formula is C17H15ClN2O2S2. The van der Waals surface area contributed by atoms with Crippen molar-refractivity contribution in [2.75, 3.05) is 18.7 Å². The lowest BCUT2D eigenvalue weighted by Crippen LogP contribution is -2.14. The summed E-state index contributed by atoms with van der Waals surface area (Å²) in [5.41, 5.74) is 1.62. The molecule has 0 saturated heterocycles. The highest BCUT2D eigenvalue weighted by Gasteiger charge is 2.14. The lowest BCUT2D eigenvalue weighted by atomic mass is 10.1. The number of carbonyl (C=O) groups excluding carboxylic acids is 1. The number of aromatic nitrogens is 1. The maximum Gasteiger partial charge on any atom is 0.230 e. The van der Waals surface area contributed by atoms with Gasteiger partial charge in [-0.25, -0.2) is 4.98 Å². The van der Waals surface area contributed by atoms with Crippen molar-refractivity contribution in [3.8, 4) is 5.75 Å². The fourth-order valence-corrected chi connectivity index (χ4v) is 3.84. The van der Waals surface area contributed by atoms with Crippen LogP contribution in [0.1, 0.15) is 5.56 Å². The largest absolute Gasteiger partial charge is 0.494 e. The van der Waals surface area contributed by atoms with Crippen molar-refractivity contribution in [1.29, 1.82) is 0 Å². The number of nitrogens with one attached hydrogen (secondary N) is 1. The second kappa shape index (κ2) is 7.42. The Morgan fingerprint density at radius 1 is 1.29 bits per heavy atom. The van der Waals surface area contributed by atoms with Gasteiger partial charge < -0.3 is 10.1 Å². The highest BCUT2D eigenvalue weighted by molar-refractivity contribution is 7.98. The quantitative estimate of drug-likeness (QED) is 0.644. The highest BCUT2D eigenvalue weighted by atomic mass is 35.5. The van der Waals surface area contributed by atoms with Gasteiger partial charge in [-0.3, -0.25) is 4.79 Å². The molecule has 0 unspecified atom stereocenters. The average molecular weight is 379 g/mol. The molecule has 0 aliphatic carbocycles. The Morgan fingerprint density at radius 3 is 2.71 bits per heavy atom. The number of thioether (sulfide) groups is 1. The van der Waals surface area contributed by atoms with E-state index in [1.165, 1.54) is 16.2 Å². The summed E-state index contributed by atoms with van der Waals surface area (Å²) in [6.45, 7) is 0. The number of hydrogen-bond acceptors (Lipinski definition) is 5. The monoisotopic (exact) mass is 378 g/mol. The molecule has 0 radical (unpaired) electrons. The summed E-state index contributed by atoms with van der Waals surface area (Å²) in [5.74, 6) is 0.528. The summed E-state index contributed by atoms with van der Waals surface area (Å²) in [5, 5.41) is 3.95. The van der Waals surface area contributed by atoms with Crippen molar-refractivity contribution in [1.82, 2.24) is 4.98 Å². The van der Waals surface area contributed by atoms with Crippen molar-refractivity contribution >= 4 is 56.0 Å². The fourth-order valence-electron chi connectivity index (χ4n) is 2.26. The van der Waals surface area contributed by atoms with Crippen LogP contribution in [0.5, 0.6) is 5.75 Å². The first-order valence-corrected chi connectivity index (χ1v) is 9.58. The van der Waals surface area contributed by atoms with Crippen LogP contribution in [0.4, 0.5) is 5.13 Å². The first-order chi connectivity index (χ1) is 11.6. The minimum Gasteiger partial charge on any atom is -0.494 e. The molecule has 2 aromatic carbocycles. The molecule has 0 spiro atoms. The molecule has 1 heterocycles. The van der Waals surface area contributed by atoms with E-state index in [1.54, 1.807) is 31.0 Å². The van der Waals surface area contributed by atoms with E-state index in [1.807, 2.05) is 30.5 Å². The number of benzene rings is 2. The van der Waals surface area contributed by atoms with Crippen molar-refractivity contribution < 1.29 is 9.53 Å². The van der Waals surface area contributed by atoms with Crippen molar-refractivity contribution in [3.63, 3.8) is 0 Å². The topological polar surface area (TPSA) is 51.2 Å². The molecule has 4 nitrogen and oxygen atoms in total. The number of amides is 1. The van der Waals surface area contributed by atoms with Gasteiger partial charge >= 0.3 is 0 Å². The Kier molecular flexibility index (Phi) is 5.28. The van der Waals surface area contributed by atoms with Crippen molar-refractivity contribution in [3.05, 3.63) is 47.0 Å². The molecule has 0 aliphatic rings. The smallest absolute Gasteiger partial charge is 0.230 e. The number of thiazole rings is 1. The molecule has 124 valence electrons. The summed E-state index contributed by atoms with van der Waals surface area (Å²) in [4.78, 5) is 17.8. The Hall–Kier alpha value is -1.76. The van der Waals surface area contributed by atoms with Crippen LogP contribution in [-0.4, -0.2) is 24.3 Å². The summed E-state index contributed by atoms with van der Waals surface area (Å²) < 4.78 is 6.09. The fraction of sp³-hybridized carbons (Fsp3) is 0.176. The molecule has 1 amide bonds. The standard InChI is InChI=1S/C17H15ClN2O2S2/c1-22-13-8-7-12(18)16-15(13)20-17(24-16)19-14(21)9-10-3-5-11(23-2)6-4-10/h3-8H,9H2,1-2H3,(H,19,20,21). The SMILES string of the molecule is COc1ccc(Cl)c2sc(NC(=O)Cc3ccc(SC)cc3)nc12. The maximum atomic E-state index is 12.2. The molecule has 0 atom stereocenters. The Morgan fingerprint density at radius 2 is 2.04 bits per heavy atom. The molecule has 0 fully saturated rings. The first-order valence-electron chi connectivity index (χ1n) is 7.16. The van der Waals surface area contributed by atoms with Gasteiger partial charge in [0.2, 0.25) is 5.91 Å². The first kappa shape index (κ1) is 17.1. The Labute approximate surface area is 153 Å². The van der Waals surface area contributed by atoms with Crippen LogP contribution in [0.15, 0.2) is 41.3 Å². The summed E-state index contributed by atoms with van der Waals surface area (Å²) in [6.07, 6.45) is 2.32. The zero-order valence-corrected chi connectivity index (χ0v) is 15.5. The third-order valence-corrected chi connectivity index (χ3v) is 5.62. The van der Waals surface area contributed by atoms with Gasteiger partial charge in [0.05, 0.1) is 23.3 Å². The number of fused-ring (bicyclic) bond motifs is 1. The molecule has 0 saturated carbocycles. The van der Waals surface area contributed by atoms with E-state index in [0.717, 1.165) is 10.3 Å². The number of methoxy groups -OCH3 is 1. The van der Waals surface area contributed by atoms with Gasteiger partial charge in [0.25, 0.3) is 0 Å². The average Bonchev–Trinajstić information content (AvgIpc) is 3.00. The lowest BCUT2D eigenvalue weighted by Gasteiger charge is -2.03. The highest BCUT2D eigenvalue weighted by Crippen LogP contribution is 2.37. The van der Waals surface area contributed by atoms with E-state index in [-0.39, 0.29) is 5.91 Å². The molecule has 3 aromatic rings. The normalized spacial score (nSPS) is 10.8. The molecule has 1 aromatic heterocycles. The molecule has 24 heavy (non-hydrogen) atoms. The molecule has 7 heteroatoms. The minimum atomic E-state index is -0.110. The third kappa shape index (κ3) is 3.66. The van der Waals surface area contributed by atoms with E-state index in [9.17, 15) is 4.79 Å². The van der Waals surface area contributed by atoms with E-state index in [4.69, 9.17) is 16.3 Å².